The fourth-order valence-corrected chi connectivity index (χ4v) is 2.78. The third-order valence-corrected chi connectivity index (χ3v) is 4.36. The van der Waals surface area contributed by atoms with Crippen molar-refractivity contribution in [3.05, 3.63) is 35.4 Å². The van der Waals surface area contributed by atoms with E-state index in [1.165, 1.54) is 5.56 Å². The van der Waals surface area contributed by atoms with Crippen LogP contribution >= 0.6 is 0 Å². The highest BCUT2D eigenvalue weighted by atomic mass is 16.5. The van der Waals surface area contributed by atoms with E-state index >= 15 is 0 Å². The molecule has 100 valence electrons. The Labute approximate surface area is 109 Å². The Hall–Kier alpha value is -0.900. The van der Waals surface area contributed by atoms with Gasteiger partial charge in [0.2, 0.25) is 0 Å². The zero-order chi connectivity index (χ0) is 13.2. The van der Waals surface area contributed by atoms with Crippen molar-refractivity contribution in [1.29, 1.82) is 0 Å². The molecule has 0 radical (unpaired) electrons. The molecule has 0 aliphatic carbocycles. The Kier molecular flexibility index (Phi) is 3.76. The van der Waals surface area contributed by atoms with Crippen molar-refractivity contribution in [3.8, 4) is 0 Å². The number of aryl methyl sites for hydroxylation is 1. The predicted octanol–water partition coefficient (Wildman–Crippen LogP) is 1.96. The van der Waals surface area contributed by atoms with E-state index in [2.05, 4.69) is 0 Å². The van der Waals surface area contributed by atoms with E-state index in [0.29, 0.717) is 13.2 Å². The maximum absolute atomic E-state index is 11.0. The standard InChI is InChI=1S/C15H23NO2/c1-12-4-6-13(7-5-12)14(2,17)15(10-16)8-3-9-18-11-15/h4-7,17H,3,8-11,16H2,1-2H3. The summed E-state index contributed by atoms with van der Waals surface area (Å²) in [7, 11) is 0. The Morgan fingerprint density at radius 3 is 2.56 bits per heavy atom. The van der Waals surface area contributed by atoms with Gasteiger partial charge >= 0.3 is 0 Å². The zero-order valence-corrected chi connectivity index (χ0v) is 11.3. The molecule has 18 heavy (non-hydrogen) atoms. The molecule has 1 saturated heterocycles. The summed E-state index contributed by atoms with van der Waals surface area (Å²) < 4.78 is 5.57. The number of ether oxygens (including phenoxy) is 1. The van der Waals surface area contributed by atoms with Crippen molar-refractivity contribution in [2.75, 3.05) is 19.8 Å². The van der Waals surface area contributed by atoms with Crippen LogP contribution in [0.15, 0.2) is 24.3 Å². The SMILES string of the molecule is Cc1ccc(C(C)(O)C2(CN)CCCOC2)cc1. The largest absolute Gasteiger partial charge is 0.385 e. The van der Waals surface area contributed by atoms with Crippen molar-refractivity contribution in [2.24, 2.45) is 11.1 Å². The second kappa shape index (κ2) is 5.00. The number of rotatable bonds is 3. The molecule has 1 aromatic rings. The monoisotopic (exact) mass is 249 g/mol. The zero-order valence-electron chi connectivity index (χ0n) is 11.3. The average Bonchev–Trinajstić information content (AvgIpc) is 2.40. The summed E-state index contributed by atoms with van der Waals surface area (Å²) in [4.78, 5) is 0. The van der Waals surface area contributed by atoms with Crippen LogP contribution in [0.4, 0.5) is 0 Å². The molecule has 3 nitrogen and oxygen atoms in total. The normalized spacial score (nSPS) is 27.8. The third kappa shape index (κ3) is 2.18. The molecular weight excluding hydrogens is 226 g/mol. The van der Waals surface area contributed by atoms with Crippen molar-refractivity contribution < 1.29 is 9.84 Å². The van der Waals surface area contributed by atoms with Gasteiger partial charge in [-0.15, -0.1) is 0 Å². The van der Waals surface area contributed by atoms with Crippen LogP contribution in [0.3, 0.4) is 0 Å². The molecule has 1 aromatic carbocycles. The molecule has 3 heteroatoms. The van der Waals surface area contributed by atoms with Crippen LogP contribution in [0.5, 0.6) is 0 Å². The van der Waals surface area contributed by atoms with Gasteiger partial charge in [0.1, 0.15) is 0 Å². The van der Waals surface area contributed by atoms with Gasteiger partial charge in [0.05, 0.1) is 12.2 Å². The van der Waals surface area contributed by atoms with Gasteiger partial charge in [0.25, 0.3) is 0 Å². The van der Waals surface area contributed by atoms with Crippen LogP contribution in [0.25, 0.3) is 0 Å². The Balaban J connectivity index is 2.35. The van der Waals surface area contributed by atoms with Crippen molar-refractivity contribution in [2.45, 2.75) is 32.3 Å². The van der Waals surface area contributed by atoms with E-state index in [-0.39, 0.29) is 5.41 Å². The van der Waals surface area contributed by atoms with Gasteiger partial charge in [0.15, 0.2) is 0 Å². The van der Waals surface area contributed by atoms with Crippen LogP contribution < -0.4 is 5.73 Å². The van der Waals surface area contributed by atoms with E-state index < -0.39 is 5.60 Å². The lowest BCUT2D eigenvalue weighted by molar-refractivity contribution is -0.139. The van der Waals surface area contributed by atoms with Crippen molar-refractivity contribution in [1.82, 2.24) is 0 Å². The Bertz CT molecular complexity index is 391. The van der Waals surface area contributed by atoms with Crippen molar-refractivity contribution >= 4 is 0 Å². The Morgan fingerprint density at radius 1 is 1.39 bits per heavy atom. The van der Waals surface area contributed by atoms with Crippen LogP contribution in [0.2, 0.25) is 0 Å². The van der Waals surface area contributed by atoms with Crippen LogP contribution in [-0.4, -0.2) is 24.9 Å². The summed E-state index contributed by atoms with van der Waals surface area (Å²) in [6.45, 7) is 5.64. The van der Waals surface area contributed by atoms with Crippen molar-refractivity contribution in [3.63, 3.8) is 0 Å². The average molecular weight is 249 g/mol. The molecule has 0 saturated carbocycles. The molecule has 2 atom stereocenters. The summed E-state index contributed by atoms with van der Waals surface area (Å²) in [6.07, 6.45) is 1.86. The van der Waals surface area contributed by atoms with Gasteiger partial charge in [-0.2, -0.15) is 0 Å². The first-order chi connectivity index (χ1) is 8.52. The predicted molar refractivity (Wildman–Crippen MR) is 72.3 cm³/mol. The molecule has 0 amide bonds. The maximum atomic E-state index is 11.0. The van der Waals surface area contributed by atoms with Gasteiger partial charge in [-0.3, -0.25) is 0 Å². The summed E-state index contributed by atoms with van der Waals surface area (Å²) >= 11 is 0. The third-order valence-electron chi connectivity index (χ3n) is 4.36. The maximum Gasteiger partial charge on any atom is 0.0958 e. The van der Waals surface area contributed by atoms with Gasteiger partial charge in [-0.05, 0) is 32.3 Å². The lowest BCUT2D eigenvalue weighted by Gasteiger charge is -2.47. The molecule has 1 heterocycles. The second-order valence-electron chi connectivity index (χ2n) is 5.58. The van der Waals surface area contributed by atoms with Crippen LogP contribution in [0.1, 0.15) is 30.9 Å². The number of nitrogens with two attached hydrogens (primary N) is 1. The molecule has 1 fully saturated rings. The molecule has 0 bridgehead atoms. The lowest BCUT2D eigenvalue weighted by atomic mass is 9.66. The summed E-state index contributed by atoms with van der Waals surface area (Å²) in [5.74, 6) is 0. The fourth-order valence-electron chi connectivity index (χ4n) is 2.78. The van der Waals surface area contributed by atoms with E-state index in [9.17, 15) is 5.11 Å². The minimum Gasteiger partial charge on any atom is -0.385 e. The minimum atomic E-state index is -0.949. The number of aliphatic hydroxyl groups is 1. The first-order valence-corrected chi connectivity index (χ1v) is 6.59. The second-order valence-corrected chi connectivity index (χ2v) is 5.58. The molecule has 1 aliphatic rings. The highest BCUT2D eigenvalue weighted by Crippen LogP contribution is 2.44. The fraction of sp³-hybridized carbons (Fsp3) is 0.600. The highest BCUT2D eigenvalue weighted by Gasteiger charge is 2.48. The Morgan fingerprint density at radius 2 is 2.06 bits per heavy atom. The molecule has 2 rings (SSSR count). The minimum absolute atomic E-state index is 0.374. The first-order valence-electron chi connectivity index (χ1n) is 6.59. The van der Waals surface area contributed by atoms with Gasteiger partial charge in [-0.25, -0.2) is 0 Å². The van der Waals surface area contributed by atoms with Gasteiger partial charge in [0, 0.05) is 18.6 Å². The molecule has 3 N–H and O–H groups in total. The van der Waals surface area contributed by atoms with Gasteiger partial charge < -0.3 is 15.6 Å². The first kappa shape index (κ1) is 13.5. The summed E-state index contributed by atoms with van der Waals surface area (Å²) in [5.41, 5.74) is 6.74. The highest BCUT2D eigenvalue weighted by molar-refractivity contribution is 5.28. The van der Waals surface area contributed by atoms with E-state index in [0.717, 1.165) is 25.0 Å². The number of hydrogen-bond acceptors (Lipinski definition) is 3. The van der Waals surface area contributed by atoms with E-state index in [1.54, 1.807) is 0 Å². The van der Waals surface area contributed by atoms with Crippen LogP contribution in [-0.2, 0) is 10.3 Å². The molecular formula is C15H23NO2. The number of hydrogen-bond donors (Lipinski definition) is 2. The lowest BCUT2D eigenvalue weighted by Crippen LogP contribution is -2.53. The topological polar surface area (TPSA) is 55.5 Å². The van der Waals surface area contributed by atoms with Gasteiger partial charge in [-0.1, -0.05) is 29.8 Å². The quantitative estimate of drug-likeness (QED) is 0.861. The molecule has 0 spiro atoms. The molecule has 1 aliphatic heterocycles. The molecule has 2 unspecified atom stereocenters. The van der Waals surface area contributed by atoms with E-state index in [4.69, 9.17) is 10.5 Å². The van der Waals surface area contributed by atoms with E-state index in [1.807, 2.05) is 38.1 Å². The smallest absolute Gasteiger partial charge is 0.0958 e. The number of benzene rings is 1. The summed E-state index contributed by atoms with van der Waals surface area (Å²) in [6, 6.07) is 8.03. The summed E-state index contributed by atoms with van der Waals surface area (Å²) in [5, 5.41) is 11.0. The van der Waals surface area contributed by atoms with Crippen LogP contribution in [0, 0.1) is 12.3 Å². The molecule has 0 aromatic heterocycles.